The smallest absolute Gasteiger partial charge is 0.247 e. The minimum absolute atomic E-state index is 0.0321. The first kappa shape index (κ1) is 11.8. The van der Waals surface area contributed by atoms with Crippen LogP contribution in [0, 0.1) is 6.92 Å². The number of hydrogen-bond donors (Lipinski definition) is 1. The molecule has 1 aromatic heterocycles. The largest absolute Gasteiger partial charge is 0.299 e. The van der Waals surface area contributed by atoms with Crippen LogP contribution in [0.15, 0.2) is 6.20 Å². The summed E-state index contributed by atoms with van der Waals surface area (Å²) in [6.45, 7) is 2.56. The van der Waals surface area contributed by atoms with Crippen molar-refractivity contribution in [2.45, 2.75) is 44.8 Å². The van der Waals surface area contributed by atoms with Gasteiger partial charge in [0.2, 0.25) is 11.8 Å². The van der Waals surface area contributed by atoms with E-state index in [9.17, 15) is 9.59 Å². The molecule has 0 aromatic carbocycles. The lowest BCUT2D eigenvalue weighted by Crippen LogP contribution is -2.39. The zero-order valence-corrected chi connectivity index (χ0v) is 11.0. The Labute approximate surface area is 109 Å². The molecule has 2 aliphatic rings. The number of carbonyl (C=O) groups is 2. The number of aryl methyl sites for hydroxylation is 1. The minimum atomic E-state index is -0.359. The standard InChI is InChI=1S/C12H15N3O2S/c1-7-5-14-10(18-7)6-13-9-4-11(16)15(12(9)17)8-2-3-8/h5,8-9,13H,2-4,6H2,1H3. The van der Waals surface area contributed by atoms with Gasteiger partial charge in [-0.1, -0.05) is 0 Å². The Morgan fingerprint density at radius 2 is 2.28 bits per heavy atom. The van der Waals surface area contributed by atoms with E-state index in [-0.39, 0.29) is 23.9 Å². The van der Waals surface area contributed by atoms with E-state index < -0.39 is 0 Å². The molecule has 1 saturated carbocycles. The van der Waals surface area contributed by atoms with E-state index in [1.807, 2.05) is 13.1 Å². The molecule has 2 heterocycles. The first-order valence-electron chi connectivity index (χ1n) is 6.16. The van der Waals surface area contributed by atoms with E-state index in [0.29, 0.717) is 13.0 Å². The molecule has 1 N–H and O–H groups in total. The molecule has 1 aromatic rings. The summed E-state index contributed by atoms with van der Waals surface area (Å²) < 4.78 is 0. The summed E-state index contributed by atoms with van der Waals surface area (Å²) in [5.74, 6) is -0.0916. The van der Waals surface area contributed by atoms with Gasteiger partial charge in [-0.15, -0.1) is 11.3 Å². The van der Waals surface area contributed by atoms with Crippen LogP contribution in [0.1, 0.15) is 29.1 Å². The SMILES string of the molecule is Cc1cnc(CNC2CC(=O)N(C3CC3)C2=O)s1. The Kier molecular flexibility index (Phi) is 2.91. The van der Waals surface area contributed by atoms with Crippen molar-refractivity contribution in [1.29, 1.82) is 0 Å². The Bertz CT molecular complexity index is 495. The van der Waals surface area contributed by atoms with Crippen LogP contribution in [-0.2, 0) is 16.1 Å². The maximum atomic E-state index is 12.0. The van der Waals surface area contributed by atoms with Crippen LogP contribution < -0.4 is 5.32 Å². The van der Waals surface area contributed by atoms with Crippen molar-refractivity contribution < 1.29 is 9.59 Å². The first-order chi connectivity index (χ1) is 8.65. The van der Waals surface area contributed by atoms with Crippen molar-refractivity contribution in [3.05, 3.63) is 16.1 Å². The van der Waals surface area contributed by atoms with Crippen molar-refractivity contribution in [2.75, 3.05) is 0 Å². The zero-order valence-electron chi connectivity index (χ0n) is 10.2. The molecule has 1 atom stereocenters. The summed E-state index contributed by atoms with van der Waals surface area (Å²) in [6.07, 6.45) is 4.05. The quantitative estimate of drug-likeness (QED) is 0.819. The van der Waals surface area contributed by atoms with Gasteiger partial charge in [-0.05, 0) is 19.8 Å². The summed E-state index contributed by atoms with van der Waals surface area (Å²) in [7, 11) is 0. The Morgan fingerprint density at radius 1 is 1.50 bits per heavy atom. The predicted molar refractivity (Wildman–Crippen MR) is 67.0 cm³/mol. The van der Waals surface area contributed by atoms with E-state index in [4.69, 9.17) is 0 Å². The van der Waals surface area contributed by atoms with Gasteiger partial charge in [-0.25, -0.2) is 4.98 Å². The Balaban J connectivity index is 1.60. The van der Waals surface area contributed by atoms with Gasteiger partial charge >= 0.3 is 0 Å². The summed E-state index contributed by atoms with van der Waals surface area (Å²) >= 11 is 1.61. The molecule has 1 unspecified atom stereocenters. The highest BCUT2D eigenvalue weighted by Gasteiger charge is 2.45. The van der Waals surface area contributed by atoms with Crippen LogP contribution in [0.5, 0.6) is 0 Å². The lowest BCUT2D eigenvalue weighted by Gasteiger charge is -2.13. The number of carbonyl (C=O) groups excluding carboxylic acids is 2. The number of amides is 2. The summed E-state index contributed by atoms with van der Waals surface area (Å²) in [5.41, 5.74) is 0. The molecule has 0 spiro atoms. The molecule has 18 heavy (non-hydrogen) atoms. The maximum Gasteiger partial charge on any atom is 0.247 e. The Morgan fingerprint density at radius 3 is 2.89 bits per heavy atom. The summed E-state index contributed by atoms with van der Waals surface area (Å²) in [6, 6.07) is -0.179. The van der Waals surface area contributed by atoms with Gasteiger partial charge in [0.1, 0.15) is 5.01 Å². The molecule has 1 saturated heterocycles. The average molecular weight is 265 g/mol. The highest BCUT2D eigenvalue weighted by atomic mass is 32.1. The van der Waals surface area contributed by atoms with Crippen molar-refractivity contribution >= 4 is 23.2 Å². The molecular weight excluding hydrogens is 250 g/mol. The van der Waals surface area contributed by atoms with Crippen LogP contribution in [0.2, 0.25) is 0 Å². The van der Waals surface area contributed by atoms with Crippen LogP contribution in [-0.4, -0.2) is 33.8 Å². The fraction of sp³-hybridized carbons (Fsp3) is 0.583. The lowest BCUT2D eigenvalue weighted by atomic mass is 10.2. The van der Waals surface area contributed by atoms with Crippen LogP contribution in [0.4, 0.5) is 0 Å². The fourth-order valence-corrected chi connectivity index (χ4v) is 2.96. The van der Waals surface area contributed by atoms with E-state index in [1.165, 1.54) is 4.90 Å². The molecule has 2 amide bonds. The third-order valence-corrected chi connectivity index (χ3v) is 4.18. The fourth-order valence-electron chi connectivity index (χ4n) is 2.22. The number of imide groups is 1. The topological polar surface area (TPSA) is 62.3 Å². The maximum absolute atomic E-state index is 12.0. The van der Waals surface area contributed by atoms with Gasteiger partial charge in [0.15, 0.2) is 0 Å². The highest BCUT2D eigenvalue weighted by Crippen LogP contribution is 2.31. The molecule has 5 nitrogen and oxygen atoms in total. The highest BCUT2D eigenvalue weighted by molar-refractivity contribution is 7.11. The van der Waals surface area contributed by atoms with Gasteiger partial charge in [-0.2, -0.15) is 0 Å². The molecule has 96 valence electrons. The third kappa shape index (κ3) is 2.18. The summed E-state index contributed by atoms with van der Waals surface area (Å²) in [4.78, 5) is 30.6. The predicted octanol–water partition coefficient (Wildman–Crippen LogP) is 0.831. The second kappa shape index (κ2) is 4.44. The first-order valence-corrected chi connectivity index (χ1v) is 6.97. The Hall–Kier alpha value is -1.27. The number of nitrogens with zero attached hydrogens (tertiary/aromatic N) is 2. The van der Waals surface area contributed by atoms with Gasteiger partial charge < -0.3 is 0 Å². The second-order valence-corrected chi connectivity index (χ2v) is 6.15. The molecular formula is C12H15N3O2S. The number of hydrogen-bond acceptors (Lipinski definition) is 5. The van der Waals surface area contributed by atoms with Gasteiger partial charge in [-0.3, -0.25) is 19.8 Å². The van der Waals surface area contributed by atoms with Crippen molar-refractivity contribution in [3.8, 4) is 0 Å². The van der Waals surface area contributed by atoms with Gasteiger partial charge in [0.25, 0.3) is 0 Å². The van der Waals surface area contributed by atoms with Gasteiger partial charge in [0, 0.05) is 23.7 Å². The normalized spacial score (nSPS) is 24.1. The molecule has 2 fully saturated rings. The minimum Gasteiger partial charge on any atom is -0.299 e. The molecule has 0 radical (unpaired) electrons. The van der Waals surface area contributed by atoms with E-state index in [2.05, 4.69) is 10.3 Å². The van der Waals surface area contributed by atoms with E-state index in [1.54, 1.807) is 11.3 Å². The monoisotopic (exact) mass is 265 g/mol. The molecule has 1 aliphatic carbocycles. The second-order valence-electron chi connectivity index (χ2n) is 4.84. The van der Waals surface area contributed by atoms with E-state index >= 15 is 0 Å². The molecule has 6 heteroatoms. The summed E-state index contributed by atoms with van der Waals surface area (Å²) in [5, 5.41) is 4.10. The van der Waals surface area contributed by atoms with Gasteiger partial charge in [0.05, 0.1) is 12.5 Å². The number of likely N-dealkylation sites (tertiary alicyclic amines) is 1. The number of nitrogens with one attached hydrogen (secondary N) is 1. The molecule has 1 aliphatic heterocycles. The lowest BCUT2D eigenvalue weighted by molar-refractivity contribution is -0.139. The number of rotatable bonds is 4. The zero-order chi connectivity index (χ0) is 12.7. The average Bonchev–Trinajstić information content (AvgIpc) is 3.00. The van der Waals surface area contributed by atoms with Crippen LogP contribution in [0.25, 0.3) is 0 Å². The number of aromatic nitrogens is 1. The van der Waals surface area contributed by atoms with Crippen LogP contribution in [0.3, 0.4) is 0 Å². The van der Waals surface area contributed by atoms with Crippen molar-refractivity contribution in [3.63, 3.8) is 0 Å². The number of thiazole rings is 1. The van der Waals surface area contributed by atoms with Crippen LogP contribution >= 0.6 is 11.3 Å². The van der Waals surface area contributed by atoms with E-state index in [0.717, 1.165) is 22.7 Å². The van der Waals surface area contributed by atoms with Crippen molar-refractivity contribution in [1.82, 2.24) is 15.2 Å². The van der Waals surface area contributed by atoms with Crippen molar-refractivity contribution in [2.24, 2.45) is 0 Å². The molecule has 0 bridgehead atoms. The third-order valence-electron chi connectivity index (χ3n) is 3.26. The molecule has 3 rings (SSSR count).